The van der Waals surface area contributed by atoms with E-state index >= 15 is 0 Å². The van der Waals surface area contributed by atoms with Gasteiger partial charge in [0.2, 0.25) is 0 Å². The minimum atomic E-state index is -4.50. The van der Waals surface area contributed by atoms with E-state index in [1.807, 2.05) is 0 Å². The third-order valence-electron chi connectivity index (χ3n) is 1.79. The molecule has 0 fully saturated rings. The van der Waals surface area contributed by atoms with Crippen LogP contribution >= 0.6 is 11.6 Å². The summed E-state index contributed by atoms with van der Waals surface area (Å²) in [6.45, 7) is 0. The van der Waals surface area contributed by atoms with E-state index in [9.17, 15) is 13.2 Å². The number of hydrogen-bond acceptors (Lipinski definition) is 2. The van der Waals surface area contributed by atoms with E-state index in [1.54, 1.807) is 6.08 Å². The second-order valence-corrected chi connectivity index (χ2v) is 3.43. The summed E-state index contributed by atoms with van der Waals surface area (Å²) in [6.07, 6.45) is -1.09. The van der Waals surface area contributed by atoms with Gasteiger partial charge in [-0.25, -0.2) is 4.98 Å². The molecule has 0 aliphatic heterocycles. The van der Waals surface area contributed by atoms with Gasteiger partial charge in [-0.3, -0.25) is 0 Å². The molecule has 0 radical (unpaired) electrons. The van der Waals surface area contributed by atoms with Crippen molar-refractivity contribution in [1.82, 2.24) is 4.98 Å². The number of pyridine rings is 1. The Morgan fingerprint density at radius 1 is 1.38 bits per heavy atom. The quantitative estimate of drug-likeness (QED) is 0.836. The van der Waals surface area contributed by atoms with Crippen molar-refractivity contribution in [2.75, 3.05) is 11.6 Å². The van der Waals surface area contributed by atoms with Gasteiger partial charge in [-0.2, -0.15) is 13.2 Å². The standard InChI is InChI=1S/C10H10ClF3N2/c11-6-2-1-3-7-4-5-8(15)16-9(7)10(12,13)14/h1,3-5H,2,6H2,(H2,15,16). The maximum atomic E-state index is 12.6. The van der Waals surface area contributed by atoms with Crippen molar-refractivity contribution in [3.05, 3.63) is 29.5 Å². The zero-order chi connectivity index (χ0) is 12.2. The molecule has 88 valence electrons. The Balaban J connectivity index is 3.08. The fraction of sp³-hybridized carbons (Fsp3) is 0.300. The highest BCUT2D eigenvalue weighted by atomic mass is 35.5. The molecule has 0 aliphatic rings. The number of rotatable bonds is 3. The summed E-state index contributed by atoms with van der Waals surface area (Å²) in [6, 6.07) is 2.62. The molecule has 0 aromatic carbocycles. The SMILES string of the molecule is Nc1ccc(C=CCCCl)c(C(F)(F)F)n1. The Morgan fingerprint density at radius 2 is 2.06 bits per heavy atom. The van der Waals surface area contributed by atoms with Crippen LogP contribution in [-0.2, 0) is 6.18 Å². The molecular weight excluding hydrogens is 241 g/mol. The van der Waals surface area contributed by atoms with E-state index in [1.165, 1.54) is 18.2 Å². The molecule has 0 unspecified atom stereocenters. The first-order valence-corrected chi connectivity index (χ1v) is 5.05. The monoisotopic (exact) mass is 250 g/mol. The molecule has 0 spiro atoms. The maximum absolute atomic E-state index is 12.6. The van der Waals surface area contributed by atoms with E-state index in [-0.39, 0.29) is 11.4 Å². The summed E-state index contributed by atoms with van der Waals surface area (Å²) in [5.74, 6) is 0.210. The van der Waals surface area contributed by atoms with Crippen LogP contribution in [0.25, 0.3) is 6.08 Å². The smallest absolute Gasteiger partial charge is 0.384 e. The van der Waals surface area contributed by atoms with Gasteiger partial charge in [-0.1, -0.05) is 12.2 Å². The average molecular weight is 251 g/mol. The lowest BCUT2D eigenvalue weighted by atomic mass is 10.1. The number of aromatic nitrogens is 1. The van der Waals surface area contributed by atoms with Crippen molar-refractivity contribution in [2.45, 2.75) is 12.6 Å². The largest absolute Gasteiger partial charge is 0.434 e. The van der Waals surface area contributed by atoms with Crippen molar-refractivity contribution in [3.63, 3.8) is 0 Å². The fourth-order valence-electron chi connectivity index (χ4n) is 1.12. The van der Waals surface area contributed by atoms with Crippen molar-refractivity contribution in [1.29, 1.82) is 0 Å². The first kappa shape index (κ1) is 12.8. The highest BCUT2D eigenvalue weighted by Gasteiger charge is 2.34. The van der Waals surface area contributed by atoms with Gasteiger partial charge in [-0.15, -0.1) is 11.6 Å². The minimum absolute atomic E-state index is 0.00758. The van der Waals surface area contributed by atoms with E-state index in [0.29, 0.717) is 12.3 Å². The Kier molecular flexibility index (Phi) is 4.18. The summed E-state index contributed by atoms with van der Waals surface area (Å²) in [7, 11) is 0. The van der Waals surface area contributed by atoms with Gasteiger partial charge in [0.05, 0.1) is 0 Å². The zero-order valence-electron chi connectivity index (χ0n) is 8.26. The van der Waals surface area contributed by atoms with Crippen molar-refractivity contribution in [3.8, 4) is 0 Å². The molecule has 0 atom stereocenters. The number of nitrogen functional groups attached to an aromatic ring is 1. The third kappa shape index (κ3) is 3.41. The first-order chi connectivity index (χ1) is 7.45. The van der Waals surface area contributed by atoms with Crippen molar-refractivity contribution < 1.29 is 13.2 Å². The van der Waals surface area contributed by atoms with Crippen LogP contribution in [0.2, 0.25) is 0 Å². The molecule has 1 aromatic rings. The number of alkyl halides is 4. The van der Waals surface area contributed by atoms with Crippen molar-refractivity contribution in [2.24, 2.45) is 0 Å². The molecule has 0 bridgehead atoms. The van der Waals surface area contributed by atoms with E-state index < -0.39 is 11.9 Å². The summed E-state index contributed by atoms with van der Waals surface area (Å²) in [4.78, 5) is 3.29. The third-order valence-corrected chi connectivity index (χ3v) is 2.01. The maximum Gasteiger partial charge on any atom is 0.434 e. The van der Waals surface area contributed by atoms with E-state index in [4.69, 9.17) is 17.3 Å². The second-order valence-electron chi connectivity index (χ2n) is 3.05. The second kappa shape index (κ2) is 5.21. The van der Waals surface area contributed by atoms with Crippen LogP contribution in [0.15, 0.2) is 18.2 Å². The van der Waals surface area contributed by atoms with Crippen LogP contribution in [0.5, 0.6) is 0 Å². The Labute approximate surface area is 95.9 Å². The molecule has 1 rings (SSSR count). The molecule has 6 heteroatoms. The van der Waals surface area contributed by atoms with Crippen LogP contribution < -0.4 is 5.73 Å². The van der Waals surface area contributed by atoms with Crippen LogP contribution in [0.3, 0.4) is 0 Å². The molecule has 0 aliphatic carbocycles. The van der Waals surface area contributed by atoms with Crippen LogP contribution in [-0.4, -0.2) is 10.9 Å². The number of halogens is 4. The zero-order valence-corrected chi connectivity index (χ0v) is 9.02. The Bertz CT molecular complexity index is 388. The number of nitrogens with zero attached hydrogens (tertiary/aromatic N) is 1. The minimum Gasteiger partial charge on any atom is -0.384 e. The number of hydrogen-bond donors (Lipinski definition) is 1. The molecule has 0 saturated carbocycles. The van der Waals surface area contributed by atoms with Gasteiger partial charge in [0.15, 0.2) is 5.69 Å². The Morgan fingerprint density at radius 3 is 2.62 bits per heavy atom. The van der Waals surface area contributed by atoms with Crippen LogP contribution in [0.1, 0.15) is 17.7 Å². The predicted octanol–water partition coefficient (Wildman–Crippen LogP) is 3.32. The lowest BCUT2D eigenvalue weighted by Crippen LogP contribution is -2.11. The molecule has 2 N–H and O–H groups in total. The lowest BCUT2D eigenvalue weighted by Gasteiger charge is -2.09. The molecule has 0 saturated heterocycles. The van der Waals surface area contributed by atoms with E-state index in [0.717, 1.165) is 0 Å². The first-order valence-electron chi connectivity index (χ1n) is 4.51. The predicted molar refractivity (Wildman–Crippen MR) is 58.0 cm³/mol. The molecule has 0 amide bonds. The van der Waals surface area contributed by atoms with Crippen LogP contribution in [0, 0.1) is 0 Å². The molecule has 1 aromatic heterocycles. The van der Waals surface area contributed by atoms with E-state index in [2.05, 4.69) is 4.98 Å². The summed E-state index contributed by atoms with van der Waals surface area (Å²) in [5.41, 5.74) is 4.24. The topological polar surface area (TPSA) is 38.9 Å². The molecular formula is C10H10ClF3N2. The Hall–Kier alpha value is -1.23. The highest BCUT2D eigenvalue weighted by molar-refractivity contribution is 6.17. The van der Waals surface area contributed by atoms with Crippen molar-refractivity contribution >= 4 is 23.5 Å². The van der Waals surface area contributed by atoms with Gasteiger partial charge in [0.1, 0.15) is 5.82 Å². The summed E-state index contributed by atoms with van der Waals surface area (Å²) >= 11 is 5.41. The van der Waals surface area contributed by atoms with Crippen LogP contribution in [0.4, 0.5) is 19.0 Å². The van der Waals surface area contributed by atoms with Gasteiger partial charge in [0.25, 0.3) is 0 Å². The van der Waals surface area contributed by atoms with Gasteiger partial charge in [0, 0.05) is 11.4 Å². The molecule has 16 heavy (non-hydrogen) atoms. The average Bonchev–Trinajstić information content (AvgIpc) is 2.19. The van der Waals surface area contributed by atoms with Gasteiger partial charge >= 0.3 is 6.18 Å². The fourth-order valence-corrected chi connectivity index (χ4v) is 1.25. The highest BCUT2D eigenvalue weighted by Crippen LogP contribution is 2.31. The summed E-state index contributed by atoms with van der Waals surface area (Å²) in [5, 5.41) is 0. The van der Waals surface area contributed by atoms with Gasteiger partial charge in [-0.05, 0) is 18.6 Å². The number of nitrogens with two attached hydrogens (primary N) is 1. The number of allylic oxidation sites excluding steroid dienone is 1. The van der Waals surface area contributed by atoms with Gasteiger partial charge < -0.3 is 5.73 Å². The summed E-state index contributed by atoms with van der Waals surface area (Å²) < 4.78 is 37.7. The lowest BCUT2D eigenvalue weighted by molar-refractivity contribution is -0.141. The molecule has 2 nitrogen and oxygen atoms in total. The number of anilines is 1. The normalized spacial score (nSPS) is 12.2. The molecule has 1 heterocycles.